The maximum Gasteiger partial charge on any atom is 0.332 e. The van der Waals surface area contributed by atoms with Gasteiger partial charge in [0.1, 0.15) is 5.69 Å². The molecule has 0 atom stereocenters. The number of benzene rings is 1. The van der Waals surface area contributed by atoms with Crippen LogP contribution in [0, 0.1) is 22.9 Å². The first kappa shape index (κ1) is 14.4. The van der Waals surface area contributed by atoms with Crippen molar-refractivity contribution in [1.82, 2.24) is 9.97 Å². The van der Waals surface area contributed by atoms with Gasteiger partial charge in [0, 0.05) is 11.8 Å². The Labute approximate surface area is 118 Å². The first-order valence-electron chi connectivity index (χ1n) is 5.81. The van der Waals surface area contributed by atoms with Crippen LogP contribution in [0.2, 0.25) is 0 Å². The van der Waals surface area contributed by atoms with E-state index in [0.29, 0.717) is 0 Å². The van der Waals surface area contributed by atoms with Crippen molar-refractivity contribution < 1.29 is 14.1 Å². The second kappa shape index (κ2) is 5.57. The summed E-state index contributed by atoms with van der Waals surface area (Å²) in [5.41, 5.74) is 5.55. The summed E-state index contributed by atoms with van der Waals surface area (Å²) in [6.07, 6.45) is 0. The Bertz CT molecular complexity index is 708. The van der Waals surface area contributed by atoms with Crippen molar-refractivity contribution in [2.75, 3.05) is 18.2 Å². The summed E-state index contributed by atoms with van der Waals surface area (Å²) in [6, 6.07) is 4.02. The van der Waals surface area contributed by atoms with Crippen molar-refractivity contribution in [3.63, 3.8) is 0 Å². The predicted molar refractivity (Wildman–Crippen MR) is 74.1 cm³/mol. The zero-order valence-corrected chi connectivity index (χ0v) is 11.3. The number of hydrogen-bond donors (Lipinski definition) is 2. The van der Waals surface area contributed by atoms with E-state index in [-0.39, 0.29) is 34.6 Å². The number of nitrogen functional groups attached to an aromatic ring is 1. The highest BCUT2D eigenvalue weighted by molar-refractivity contribution is 5.68. The molecule has 0 fully saturated rings. The number of anilines is 3. The largest absolute Gasteiger partial charge is 0.494 e. The summed E-state index contributed by atoms with van der Waals surface area (Å²) in [7, 11) is 1.34. The molecule has 0 radical (unpaired) electrons. The van der Waals surface area contributed by atoms with Crippen LogP contribution in [-0.4, -0.2) is 22.0 Å². The minimum atomic E-state index is -0.628. The summed E-state index contributed by atoms with van der Waals surface area (Å²) in [4.78, 5) is 18.0. The molecule has 110 valence electrons. The zero-order chi connectivity index (χ0) is 15.6. The van der Waals surface area contributed by atoms with Gasteiger partial charge in [0.05, 0.1) is 12.0 Å². The number of methoxy groups -OCH3 is 1. The van der Waals surface area contributed by atoms with Gasteiger partial charge in [0.2, 0.25) is 11.8 Å². The van der Waals surface area contributed by atoms with E-state index in [4.69, 9.17) is 10.5 Å². The molecule has 1 aromatic heterocycles. The van der Waals surface area contributed by atoms with E-state index in [1.807, 2.05) is 0 Å². The van der Waals surface area contributed by atoms with Crippen molar-refractivity contribution in [3.05, 3.63) is 39.8 Å². The van der Waals surface area contributed by atoms with E-state index in [1.54, 1.807) is 0 Å². The van der Waals surface area contributed by atoms with E-state index < -0.39 is 10.7 Å². The lowest BCUT2D eigenvalue weighted by Gasteiger charge is -2.09. The van der Waals surface area contributed by atoms with E-state index >= 15 is 0 Å². The molecule has 1 aromatic carbocycles. The molecule has 9 heteroatoms. The third-order valence-corrected chi connectivity index (χ3v) is 2.67. The van der Waals surface area contributed by atoms with Gasteiger partial charge in [-0.2, -0.15) is 4.98 Å². The lowest BCUT2D eigenvalue weighted by molar-refractivity contribution is -0.385. The Morgan fingerprint density at radius 3 is 2.71 bits per heavy atom. The lowest BCUT2D eigenvalue weighted by Crippen LogP contribution is -2.07. The van der Waals surface area contributed by atoms with Crippen molar-refractivity contribution in [1.29, 1.82) is 0 Å². The smallest absolute Gasteiger partial charge is 0.332 e. The van der Waals surface area contributed by atoms with E-state index in [0.717, 1.165) is 6.07 Å². The summed E-state index contributed by atoms with van der Waals surface area (Å²) >= 11 is 0. The van der Waals surface area contributed by atoms with Gasteiger partial charge >= 0.3 is 5.69 Å². The van der Waals surface area contributed by atoms with Gasteiger partial charge in [0.15, 0.2) is 11.6 Å². The van der Waals surface area contributed by atoms with Crippen molar-refractivity contribution >= 4 is 23.1 Å². The molecule has 0 saturated carbocycles. The van der Waals surface area contributed by atoms with Crippen LogP contribution in [0.25, 0.3) is 0 Å². The zero-order valence-electron chi connectivity index (χ0n) is 11.3. The average Bonchev–Trinajstić information content (AvgIpc) is 2.37. The molecule has 2 aromatic rings. The number of aromatic nitrogens is 2. The lowest BCUT2D eigenvalue weighted by atomic mass is 10.2. The minimum absolute atomic E-state index is 0.0634. The summed E-state index contributed by atoms with van der Waals surface area (Å²) in [5, 5.41) is 13.7. The van der Waals surface area contributed by atoms with Gasteiger partial charge in [-0.25, -0.2) is 9.37 Å². The number of nitrogens with two attached hydrogens (primary N) is 1. The summed E-state index contributed by atoms with van der Waals surface area (Å²) in [5.74, 6) is -0.763. The van der Waals surface area contributed by atoms with Crippen LogP contribution in [0.5, 0.6) is 5.75 Å². The molecule has 2 rings (SSSR count). The summed E-state index contributed by atoms with van der Waals surface area (Å²) < 4.78 is 18.4. The molecule has 8 nitrogen and oxygen atoms in total. The number of nitro groups is 1. The molecular formula is C12H12FN5O3. The van der Waals surface area contributed by atoms with E-state index in [1.165, 1.54) is 26.2 Å². The van der Waals surface area contributed by atoms with Crippen LogP contribution in [0.1, 0.15) is 5.69 Å². The van der Waals surface area contributed by atoms with Gasteiger partial charge in [-0.3, -0.25) is 10.1 Å². The highest BCUT2D eigenvalue weighted by atomic mass is 19.1. The van der Waals surface area contributed by atoms with Crippen LogP contribution in [0.4, 0.5) is 27.5 Å². The predicted octanol–water partition coefficient (Wildman–Crippen LogP) is 2.17. The number of ether oxygens (including phenoxy) is 1. The maximum atomic E-state index is 13.6. The molecule has 1 heterocycles. The second-order valence-corrected chi connectivity index (χ2v) is 4.10. The van der Waals surface area contributed by atoms with Crippen molar-refractivity contribution in [3.8, 4) is 5.75 Å². The Morgan fingerprint density at radius 2 is 2.14 bits per heavy atom. The molecule has 21 heavy (non-hydrogen) atoms. The van der Waals surface area contributed by atoms with Gasteiger partial charge in [-0.05, 0) is 19.1 Å². The third-order valence-electron chi connectivity index (χ3n) is 2.67. The van der Waals surface area contributed by atoms with Gasteiger partial charge in [-0.15, -0.1) is 0 Å². The van der Waals surface area contributed by atoms with Crippen molar-refractivity contribution in [2.24, 2.45) is 0 Å². The van der Waals surface area contributed by atoms with Gasteiger partial charge < -0.3 is 15.8 Å². The SMILES string of the molecule is COc1ccc(Nc2nc(N)nc(C)c2[N+](=O)[O-])cc1F. The summed E-state index contributed by atoms with van der Waals surface area (Å²) in [6.45, 7) is 1.44. The van der Waals surface area contributed by atoms with Crippen LogP contribution in [0.3, 0.4) is 0 Å². The molecule has 0 spiro atoms. The van der Waals surface area contributed by atoms with Crippen LogP contribution in [-0.2, 0) is 0 Å². The van der Waals surface area contributed by atoms with Crippen molar-refractivity contribution in [2.45, 2.75) is 6.92 Å². The monoisotopic (exact) mass is 293 g/mol. The Hall–Kier alpha value is -2.97. The number of halogens is 1. The number of rotatable bonds is 4. The van der Waals surface area contributed by atoms with Gasteiger partial charge in [-0.1, -0.05) is 0 Å². The van der Waals surface area contributed by atoms with Crippen LogP contribution >= 0.6 is 0 Å². The molecule has 0 amide bonds. The van der Waals surface area contributed by atoms with E-state index in [9.17, 15) is 14.5 Å². The highest BCUT2D eigenvalue weighted by Gasteiger charge is 2.21. The van der Waals surface area contributed by atoms with Crippen LogP contribution in [0.15, 0.2) is 18.2 Å². The Morgan fingerprint density at radius 1 is 1.43 bits per heavy atom. The Balaban J connectivity index is 2.44. The number of nitrogens with zero attached hydrogens (tertiary/aromatic N) is 3. The quantitative estimate of drug-likeness (QED) is 0.655. The normalized spacial score (nSPS) is 10.2. The standard InChI is InChI=1S/C12H12FN5O3/c1-6-10(18(19)20)11(17-12(14)15-6)16-7-3-4-9(21-2)8(13)5-7/h3-5H,1-2H3,(H3,14,15,16,17). The number of hydrogen-bond acceptors (Lipinski definition) is 7. The molecule has 0 aliphatic rings. The minimum Gasteiger partial charge on any atom is -0.494 e. The number of nitrogens with one attached hydrogen (secondary N) is 1. The number of aryl methyl sites for hydroxylation is 1. The molecular weight excluding hydrogens is 281 g/mol. The first-order valence-corrected chi connectivity index (χ1v) is 5.81. The second-order valence-electron chi connectivity index (χ2n) is 4.10. The van der Waals surface area contributed by atoms with E-state index in [2.05, 4.69) is 15.3 Å². The molecule has 0 aliphatic heterocycles. The van der Waals surface area contributed by atoms with Crippen LogP contribution < -0.4 is 15.8 Å². The third kappa shape index (κ3) is 2.96. The first-order chi connectivity index (χ1) is 9.92. The molecule has 0 aliphatic carbocycles. The van der Waals surface area contributed by atoms with Gasteiger partial charge in [0.25, 0.3) is 0 Å². The Kier molecular flexibility index (Phi) is 3.83. The fourth-order valence-electron chi connectivity index (χ4n) is 1.78. The topological polar surface area (TPSA) is 116 Å². The molecule has 0 bridgehead atoms. The molecule has 0 unspecified atom stereocenters. The average molecular weight is 293 g/mol. The molecule has 0 saturated heterocycles. The molecule has 3 N–H and O–H groups in total. The fourth-order valence-corrected chi connectivity index (χ4v) is 1.78. The fraction of sp³-hybridized carbons (Fsp3) is 0.167. The highest BCUT2D eigenvalue weighted by Crippen LogP contribution is 2.30. The maximum absolute atomic E-state index is 13.6.